The van der Waals surface area contributed by atoms with Gasteiger partial charge in [0.1, 0.15) is 0 Å². The van der Waals surface area contributed by atoms with Crippen molar-refractivity contribution in [1.82, 2.24) is 0 Å². The van der Waals surface area contributed by atoms with Crippen molar-refractivity contribution >= 4 is 33.2 Å². The molecule has 0 aromatic heterocycles. The largest absolute Gasteiger partial charge is 0.373 e. The van der Waals surface area contributed by atoms with Gasteiger partial charge in [0.2, 0.25) is 5.91 Å². The van der Waals surface area contributed by atoms with Gasteiger partial charge in [0.05, 0.1) is 17.9 Å². The number of anilines is 2. The number of halogens is 1. The second-order valence-corrected chi connectivity index (χ2v) is 5.53. The highest BCUT2D eigenvalue weighted by Crippen LogP contribution is 2.37. The van der Waals surface area contributed by atoms with Crippen molar-refractivity contribution in [3.63, 3.8) is 0 Å². The number of hydrogen-bond acceptors (Lipinski definition) is 3. The summed E-state index contributed by atoms with van der Waals surface area (Å²) in [5.41, 5.74) is 8.75. The minimum Gasteiger partial charge on any atom is -0.373 e. The maximum absolute atomic E-state index is 12.0. The van der Waals surface area contributed by atoms with Crippen molar-refractivity contribution < 1.29 is 4.79 Å². The summed E-state index contributed by atoms with van der Waals surface area (Å²) in [6.45, 7) is 3.79. The molecule has 5 heteroatoms. The van der Waals surface area contributed by atoms with Crippen molar-refractivity contribution in [1.29, 1.82) is 0 Å². The van der Waals surface area contributed by atoms with Crippen LogP contribution in [0.15, 0.2) is 16.6 Å². The van der Waals surface area contributed by atoms with Crippen LogP contribution in [0.1, 0.15) is 12.0 Å². The number of carbonyl (C=O) groups is 1. The van der Waals surface area contributed by atoms with Gasteiger partial charge in [-0.2, -0.15) is 0 Å². The topological polar surface area (TPSA) is 49.6 Å². The molecule has 0 radical (unpaired) electrons. The van der Waals surface area contributed by atoms with Crippen LogP contribution in [0.25, 0.3) is 0 Å². The molecular weight excluding hydrogens is 294 g/mol. The van der Waals surface area contributed by atoms with E-state index in [1.54, 1.807) is 4.90 Å². The standard InChI is InChI=1S/C13H18BrN3O/c1-9-6-10(14)7-11-13(9)16(2)4-3-5-17(11)12(18)8-15/h6-7H,3-5,8,15H2,1-2H3. The highest BCUT2D eigenvalue weighted by Gasteiger charge is 2.24. The van der Waals surface area contributed by atoms with E-state index in [1.165, 1.54) is 5.56 Å². The lowest BCUT2D eigenvalue weighted by molar-refractivity contribution is -0.117. The molecule has 1 aromatic carbocycles. The monoisotopic (exact) mass is 311 g/mol. The molecule has 0 unspecified atom stereocenters. The first-order valence-electron chi connectivity index (χ1n) is 6.06. The van der Waals surface area contributed by atoms with E-state index in [1.807, 2.05) is 6.07 Å². The number of rotatable bonds is 1. The Hall–Kier alpha value is -1.07. The van der Waals surface area contributed by atoms with E-state index in [4.69, 9.17) is 5.73 Å². The highest BCUT2D eigenvalue weighted by molar-refractivity contribution is 9.10. The Bertz CT molecular complexity index is 476. The Morgan fingerprint density at radius 2 is 2.17 bits per heavy atom. The average molecular weight is 312 g/mol. The van der Waals surface area contributed by atoms with Crippen molar-refractivity contribution in [2.24, 2.45) is 5.73 Å². The van der Waals surface area contributed by atoms with Crippen molar-refractivity contribution in [3.05, 3.63) is 22.2 Å². The molecule has 0 bridgehead atoms. The number of fused-ring (bicyclic) bond motifs is 1. The van der Waals surface area contributed by atoms with Gasteiger partial charge in [-0.25, -0.2) is 0 Å². The summed E-state index contributed by atoms with van der Waals surface area (Å²) in [5, 5.41) is 0. The summed E-state index contributed by atoms with van der Waals surface area (Å²) in [6.07, 6.45) is 0.952. The number of nitrogens with two attached hydrogens (primary N) is 1. The first-order chi connectivity index (χ1) is 8.54. The Kier molecular flexibility index (Phi) is 3.92. The van der Waals surface area contributed by atoms with Gasteiger partial charge < -0.3 is 15.5 Å². The lowest BCUT2D eigenvalue weighted by Crippen LogP contribution is -2.36. The normalized spacial score (nSPS) is 15.3. The van der Waals surface area contributed by atoms with Gasteiger partial charge in [-0.1, -0.05) is 15.9 Å². The molecule has 0 saturated heterocycles. The van der Waals surface area contributed by atoms with Gasteiger partial charge in [0.25, 0.3) is 0 Å². The molecule has 1 heterocycles. The summed E-state index contributed by atoms with van der Waals surface area (Å²) in [4.78, 5) is 16.0. The zero-order chi connectivity index (χ0) is 13.3. The van der Waals surface area contributed by atoms with Gasteiger partial charge >= 0.3 is 0 Å². The maximum atomic E-state index is 12.0. The van der Waals surface area contributed by atoms with Gasteiger partial charge in [-0.15, -0.1) is 0 Å². The predicted octanol–water partition coefficient (Wildman–Crippen LogP) is 1.89. The lowest BCUT2D eigenvalue weighted by Gasteiger charge is -2.26. The van der Waals surface area contributed by atoms with E-state index < -0.39 is 0 Å². The molecule has 0 aliphatic carbocycles. The maximum Gasteiger partial charge on any atom is 0.240 e. The number of hydrogen-bond donors (Lipinski definition) is 1. The van der Waals surface area contributed by atoms with Crippen LogP contribution in [0, 0.1) is 6.92 Å². The summed E-state index contributed by atoms with van der Waals surface area (Å²) in [6, 6.07) is 4.07. The molecule has 2 rings (SSSR count). The molecule has 0 fully saturated rings. The smallest absolute Gasteiger partial charge is 0.240 e. The molecule has 0 atom stereocenters. The van der Waals surface area contributed by atoms with Gasteiger partial charge in [0.15, 0.2) is 0 Å². The number of benzene rings is 1. The fraction of sp³-hybridized carbons (Fsp3) is 0.462. The summed E-state index contributed by atoms with van der Waals surface area (Å²) >= 11 is 3.50. The quantitative estimate of drug-likeness (QED) is 0.861. The van der Waals surface area contributed by atoms with Crippen molar-refractivity contribution in [3.8, 4) is 0 Å². The number of amides is 1. The van der Waals surface area contributed by atoms with Crippen LogP contribution in [0.3, 0.4) is 0 Å². The van der Waals surface area contributed by atoms with Crippen LogP contribution in [0.2, 0.25) is 0 Å². The third-order valence-corrected chi connectivity index (χ3v) is 3.73. The SMILES string of the molecule is Cc1cc(Br)cc2c1N(C)CCCN2C(=O)CN. The fourth-order valence-corrected chi connectivity index (χ4v) is 3.05. The summed E-state index contributed by atoms with van der Waals surface area (Å²) in [5.74, 6) is -0.0240. The van der Waals surface area contributed by atoms with Crippen LogP contribution >= 0.6 is 15.9 Å². The molecule has 1 aliphatic heterocycles. The van der Waals surface area contributed by atoms with Crippen LogP contribution in [-0.2, 0) is 4.79 Å². The molecule has 1 aromatic rings. The van der Waals surface area contributed by atoms with Crippen LogP contribution < -0.4 is 15.5 Å². The minimum atomic E-state index is -0.0240. The third-order valence-electron chi connectivity index (χ3n) is 3.27. The Morgan fingerprint density at radius 1 is 1.44 bits per heavy atom. The molecule has 0 saturated carbocycles. The van der Waals surface area contributed by atoms with Crippen LogP contribution in [-0.4, -0.2) is 32.6 Å². The van der Waals surface area contributed by atoms with E-state index >= 15 is 0 Å². The minimum absolute atomic E-state index is 0.0240. The first-order valence-corrected chi connectivity index (χ1v) is 6.85. The molecule has 0 spiro atoms. The zero-order valence-electron chi connectivity index (χ0n) is 10.7. The lowest BCUT2D eigenvalue weighted by atomic mass is 10.1. The van der Waals surface area contributed by atoms with Crippen LogP contribution in [0.4, 0.5) is 11.4 Å². The van der Waals surface area contributed by atoms with Gasteiger partial charge in [-0.05, 0) is 31.0 Å². The zero-order valence-corrected chi connectivity index (χ0v) is 12.3. The molecule has 2 N–H and O–H groups in total. The Balaban J connectivity index is 2.57. The Morgan fingerprint density at radius 3 is 2.83 bits per heavy atom. The molecule has 4 nitrogen and oxygen atoms in total. The first kappa shape index (κ1) is 13.4. The molecule has 1 amide bonds. The average Bonchev–Trinajstić information content (AvgIpc) is 2.47. The number of carbonyl (C=O) groups excluding carboxylic acids is 1. The highest BCUT2D eigenvalue weighted by atomic mass is 79.9. The van der Waals surface area contributed by atoms with Crippen LogP contribution in [0.5, 0.6) is 0 Å². The van der Waals surface area contributed by atoms with E-state index in [2.05, 4.69) is 40.9 Å². The second-order valence-electron chi connectivity index (χ2n) is 4.62. The van der Waals surface area contributed by atoms with Crippen molar-refractivity contribution in [2.75, 3.05) is 36.5 Å². The molecule has 98 valence electrons. The second kappa shape index (κ2) is 5.28. The van der Waals surface area contributed by atoms with Crippen molar-refractivity contribution in [2.45, 2.75) is 13.3 Å². The van der Waals surface area contributed by atoms with Gasteiger partial charge in [0, 0.05) is 24.6 Å². The fourth-order valence-electron chi connectivity index (χ4n) is 2.49. The third kappa shape index (κ3) is 2.37. The Labute approximate surface area is 116 Å². The summed E-state index contributed by atoms with van der Waals surface area (Å²) < 4.78 is 0.990. The number of aryl methyl sites for hydroxylation is 1. The molecule has 1 aliphatic rings. The van der Waals surface area contributed by atoms with E-state index in [9.17, 15) is 4.79 Å². The summed E-state index contributed by atoms with van der Waals surface area (Å²) in [7, 11) is 2.07. The predicted molar refractivity (Wildman–Crippen MR) is 78.2 cm³/mol. The molecular formula is C13H18BrN3O. The van der Waals surface area contributed by atoms with Gasteiger partial charge in [-0.3, -0.25) is 4.79 Å². The van der Waals surface area contributed by atoms with E-state index in [0.29, 0.717) is 0 Å². The molecule has 18 heavy (non-hydrogen) atoms. The van der Waals surface area contributed by atoms with E-state index in [0.717, 1.165) is 35.4 Å². The van der Waals surface area contributed by atoms with E-state index in [-0.39, 0.29) is 12.5 Å². The number of nitrogens with zero attached hydrogens (tertiary/aromatic N) is 2.